The molecule has 2 aliphatic heterocycles. The Morgan fingerprint density at radius 1 is 1.24 bits per heavy atom. The van der Waals surface area contributed by atoms with Crippen LogP contribution in [0.25, 0.3) is 0 Å². The lowest BCUT2D eigenvalue weighted by molar-refractivity contribution is -0.155. The number of rotatable bonds is 3. The summed E-state index contributed by atoms with van der Waals surface area (Å²) < 4.78 is 10.6. The molecule has 0 amide bonds. The second-order valence-corrected chi connectivity index (χ2v) is 9.77. The quantitative estimate of drug-likeness (QED) is 0.420. The smallest absolute Gasteiger partial charge is 0.305 e. The van der Waals surface area contributed by atoms with E-state index in [1.165, 1.54) is 0 Å². The number of hydrogen-bond donors (Lipinski definition) is 2. The molecule has 0 aromatic heterocycles. The number of esters is 1. The van der Waals surface area contributed by atoms with E-state index in [-0.39, 0.29) is 24.7 Å². The molecule has 2 fully saturated rings. The monoisotopic (exact) mass is 410 g/mol. The zero-order valence-corrected chi connectivity index (χ0v) is 18.4. The third kappa shape index (κ3) is 5.68. The highest BCUT2D eigenvalue weighted by Crippen LogP contribution is 2.51. The lowest BCUT2D eigenvalue weighted by Crippen LogP contribution is -2.40. The van der Waals surface area contributed by atoms with Gasteiger partial charge in [-0.2, -0.15) is 0 Å². The molecule has 0 spiro atoms. The Labute approximate surface area is 174 Å². The number of fused-ring (bicyclic) bond motifs is 1. The number of allylic oxidation sites excluding steroid dienone is 1. The summed E-state index contributed by atoms with van der Waals surface area (Å²) in [4.78, 5) is 25.4. The number of aliphatic hydroxyl groups excluding tert-OH is 1. The third-order valence-corrected chi connectivity index (χ3v) is 6.70. The first-order chi connectivity index (χ1) is 13.4. The second-order valence-electron chi connectivity index (χ2n) is 9.77. The van der Waals surface area contributed by atoms with E-state index in [1.54, 1.807) is 6.92 Å². The van der Waals surface area contributed by atoms with Gasteiger partial charge in [0.1, 0.15) is 24.1 Å². The molecule has 2 heterocycles. The standard InChI is InChI=1S/C23H38O6/c1-6-7-10-17-14-16(2)9-8-12-22(5)23(27,29-22)18(24)15-28-19(25)11-13-21(3,4)20(17)26/h6,16-18,24,27H,1,7-15H2,2-5H3. The van der Waals surface area contributed by atoms with E-state index < -0.39 is 28.9 Å². The maximum atomic E-state index is 13.2. The van der Waals surface area contributed by atoms with Gasteiger partial charge in [-0.15, -0.1) is 6.58 Å². The molecule has 29 heavy (non-hydrogen) atoms. The van der Waals surface area contributed by atoms with E-state index in [0.717, 1.165) is 32.1 Å². The molecule has 2 N–H and O–H groups in total. The maximum Gasteiger partial charge on any atom is 0.305 e. The molecule has 0 saturated carbocycles. The fourth-order valence-corrected chi connectivity index (χ4v) is 4.48. The Kier molecular flexibility index (Phi) is 7.68. The van der Waals surface area contributed by atoms with Gasteiger partial charge in [0.2, 0.25) is 5.79 Å². The van der Waals surface area contributed by atoms with Gasteiger partial charge in [0.25, 0.3) is 0 Å². The summed E-state index contributed by atoms with van der Waals surface area (Å²) >= 11 is 0. The molecule has 5 unspecified atom stereocenters. The fourth-order valence-electron chi connectivity index (χ4n) is 4.48. The van der Waals surface area contributed by atoms with Gasteiger partial charge in [-0.25, -0.2) is 0 Å². The minimum absolute atomic E-state index is 0.0616. The van der Waals surface area contributed by atoms with Crippen molar-refractivity contribution >= 4 is 11.8 Å². The van der Waals surface area contributed by atoms with E-state index >= 15 is 0 Å². The fraction of sp³-hybridized carbons (Fsp3) is 0.826. The number of ether oxygens (including phenoxy) is 2. The Morgan fingerprint density at radius 2 is 1.93 bits per heavy atom. The van der Waals surface area contributed by atoms with Crippen LogP contribution in [0.15, 0.2) is 12.7 Å². The van der Waals surface area contributed by atoms with Gasteiger partial charge in [0.15, 0.2) is 0 Å². The Morgan fingerprint density at radius 3 is 2.59 bits per heavy atom. The van der Waals surface area contributed by atoms with Crippen molar-refractivity contribution in [3.63, 3.8) is 0 Å². The first kappa shape index (κ1) is 24.0. The van der Waals surface area contributed by atoms with Crippen LogP contribution in [0, 0.1) is 17.3 Å². The van der Waals surface area contributed by atoms with Crippen molar-refractivity contribution in [2.45, 2.75) is 96.6 Å². The summed E-state index contributed by atoms with van der Waals surface area (Å²) in [6.45, 7) is 11.2. The highest BCUT2D eigenvalue weighted by Gasteiger charge is 2.70. The highest BCUT2D eigenvalue weighted by molar-refractivity contribution is 5.86. The molecular weight excluding hydrogens is 372 g/mol. The number of carbonyl (C=O) groups excluding carboxylic acids is 2. The number of hydrogen-bond acceptors (Lipinski definition) is 6. The molecule has 6 heteroatoms. The molecule has 2 rings (SSSR count). The van der Waals surface area contributed by atoms with Gasteiger partial charge in [0, 0.05) is 17.8 Å². The summed E-state index contributed by atoms with van der Waals surface area (Å²) in [5.74, 6) is -1.68. The molecule has 0 radical (unpaired) electrons. The normalized spacial score (nSPS) is 39.3. The number of ketones is 1. The van der Waals surface area contributed by atoms with E-state index in [2.05, 4.69) is 13.5 Å². The van der Waals surface area contributed by atoms with Crippen LogP contribution in [0.4, 0.5) is 0 Å². The van der Waals surface area contributed by atoms with Crippen LogP contribution < -0.4 is 0 Å². The number of epoxide rings is 1. The zero-order valence-electron chi connectivity index (χ0n) is 18.4. The SMILES string of the molecule is C=CCCC1CC(C)CCCC2(C)OC2(O)C(O)COC(=O)CCC(C)(C)C1=O. The average molecular weight is 411 g/mol. The van der Waals surface area contributed by atoms with Crippen LogP contribution >= 0.6 is 0 Å². The van der Waals surface area contributed by atoms with Gasteiger partial charge in [-0.05, 0) is 44.9 Å². The lowest BCUT2D eigenvalue weighted by atomic mass is 9.73. The molecule has 166 valence electrons. The number of aliphatic hydroxyl groups is 2. The Hall–Kier alpha value is -1.24. The Bertz CT molecular complexity index is 614. The molecule has 6 nitrogen and oxygen atoms in total. The van der Waals surface area contributed by atoms with Gasteiger partial charge in [0.05, 0.1) is 0 Å². The van der Waals surface area contributed by atoms with Crippen LogP contribution in [0.3, 0.4) is 0 Å². The molecule has 2 saturated heterocycles. The molecular formula is C23H38O6. The summed E-state index contributed by atoms with van der Waals surface area (Å²) in [6, 6.07) is 0. The van der Waals surface area contributed by atoms with Crippen molar-refractivity contribution in [1.82, 2.24) is 0 Å². The Balaban J connectivity index is 2.15. The van der Waals surface area contributed by atoms with Crippen molar-refractivity contribution in [2.75, 3.05) is 6.61 Å². The maximum absolute atomic E-state index is 13.2. The third-order valence-electron chi connectivity index (χ3n) is 6.70. The number of carbonyl (C=O) groups is 2. The van der Waals surface area contributed by atoms with E-state index in [0.29, 0.717) is 18.8 Å². The van der Waals surface area contributed by atoms with Crippen LogP contribution in [-0.2, 0) is 19.1 Å². The largest absolute Gasteiger partial charge is 0.463 e. The highest BCUT2D eigenvalue weighted by atomic mass is 16.8. The lowest BCUT2D eigenvalue weighted by Gasteiger charge is -2.30. The van der Waals surface area contributed by atoms with Gasteiger partial charge in [-0.1, -0.05) is 39.7 Å². The van der Waals surface area contributed by atoms with E-state index in [9.17, 15) is 19.8 Å². The van der Waals surface area contributed by atoms with Gasteiger partial charge >= 0.3 is 5.97 Å². The molecule has 0 aliphatic carbocycles. The van der Waals surface area contributed by atoms with Crippen molar-refractivity contribution in [2.24, 2.45) is 17.3 Å². The summed E-state index contributed by atoms with van der Waals surface area (Å²) in [6.07, 6.45) is 5.71. The van der Waals surface area contributed by atoms with Crippen LogP contribution in [0.1, 0.15) is 79.1 Å². The van der Waals surface area contributed by atoms with Crippen LogP contribution in [0.2, 0.25) is 0 Å². The molecule has 0 aromatic carbocycles. The predicted molar refractivity (Wildman–Crippen MR) is 110 cm³/mol. The molecule has 0 bridgehead atoms. The van der Waals surface area contributed by atoms with E-state index in [1.807, 2.05) is 19.9 Å². The van der Waals surface area contributed by atoms with Crippen LogP contribution in [0.5, 0.6) is 0 Å². The van der Waals surface area contributed by atoms with Crippen molar-refractivity contribution < 1.29 is 29.3 Å². The first-order valence-electron chi connectivity index (χ1n) is 10.9. The molecule has 5 atom stereocenters. The summed E-state index contributed by atoms with van der Waals surface area (Å²) in [7, 11) is 0. The first-order valence-corrected chi connectivity index (χ1v) is 10.9. The van der Waals surface area contributed by atoms with Crippen molar-refractivity contribution in [3.8, 4) is 0 Å². The topological polar surface area (TPSA) is 96.4 Å². The van der Waals surface area contributed by atoms with Gasteiger partial charge < -0.3 is 19.7 Å². The number of Topliss-reactive ketones (excluding diaryl/α,β-unsaturated/α-hetero) is 1. The minimum atomic E-state index is -1.67. The van der Waals surface area contributed by atoms with Crippen molar-refractivity contribution in [1.29, 1.82) is 0 Å². The number of cyclic esters (lactones) is 1. The molecule has 2 aliphatic rings. The molecule has 0 aromatic rings. The van der Waals surface area contributed by atoms with E-state index in [4.69, 9.17) is 9.47 Å². The minimum Gasteiger partial charge on any atom is -0.463 e. The summed E-state index contributed by atoms with van der Waals surface area (Å²) in [5, 5.41) is 20.8. The van der Waals surface area contributed by atoms with Gasteiger partial charge in [-0.3, -0.25) is 9.59 Å². The average Bonchev–Trinajstić information content (AvgIpc) is 3.22. The van der Waals surface area contributed by atoms with Crippen LogP contribution in [-0.4, -0.2) is 46.1 Å². The second kappa shape index (κ2) is 9.27. The summed E-state index contributed by atoms with van der Waals surface area (Å²) in [5.41, 5.74) is -1.47. The predicted octanol–water partition coefficient (Wildman–Crippen LogP) is 3.54. The van der Waals surface area contributed by atoms with Crippen molar-refractivity contribution in [3.05, 3.63) is 12.7 Å². The zero-order chi connectivity index (χ0) is 21.9.